The van der Waals surface area contributed by atoms with E-state index >= 15 is 0 Å². The van der Waals surface area contributed by atoms with Crippen molar-refractivity contribution >= 4 is 49.4 Å². The van der Waals surface area contributed by atoms with E-state index < -0.39 is 28.5 Å². The van der Waals surface area contributed by atoms with Gasteiger partial charge in [0.25, 0.3) is 0 Å². The maximum atomic E-state index is 13.2. The third kappa shape index (κ3) is 7.03. The first-order valence-corrected chi connectivity index (χ1v) is 12.7. The number of hydrogen-bond donors (Lipinski definition) is 1. The van der Waals surface area contributed by atoms with Crippen molar-refractivity contribution in [2.45, 2.75) is 37.8 Å². The fourth-order valence-electron chi connectivity index (χ4n) is 2.96. The van der Waals surface area contributed by atoms with Crippen molar-refractivity contribution in [1.82, 2.24) is 14.5 Å². The molecule has 10 heteroatoms. The highest BCUT2D eigenvalue weighted by Gasteiger charge is 2.30. The molecule has 0 spiro atoms. The Morgan fingerprint density at radius 1 is 1.16 bits per heavy atom. The Labute approximate surface area is 202 Å². The molecule has 2 rings (SSSR count). The molecule has 0 fully saturated rings. The summed E-state index contributed by atoms with van der Waals surface area (Å²) < 4.78 is 27.6. The molecule has 0 unspecified atom stereocenters. The molecular weight excluding hydrogens is 518 g/mol. The first-order valence-electron chi connectivity index (χ1n) is 10.1. The summed E-state index contributed by atoms with van der Waals surface area (Å²) in [6.45, 7) is 3.81. The van der Waals surface area contributed by atoms with Crippen molar-refractivity contribution in [3.63, 3.8) is 0 Å². The lowest BCUT2D eigenvalue weighted by Crippen LogP contribution is -2.50. The molecule has 0 radical (unpaired) electrons. The molecule has 0 aromatic heterocycles. The van der Waals surface area contributed by atoms with Gasteiger partial charge < -0.3 is 10.2 Å². The van der Waals surface area contributed by atoms with Gasteiger partial charge in [-0.25, -0.2) is 8.42 Å². The van der Waals surface area contributed by atoms with E-state index in [0.717, 1.165) is 20.8 Å². The largest absolute Gasteiger partial charge is 0.354 e. The van der Waals surface area contributed by atoms with Gasteiger partial charge in [-0.3, -0.25) is 9.59 Å². The molecular formula is C22H27BrClN3O4S. The minimum absolute atomic E-state index is 0.0319. The molecule has 0 bridgehead atoms. The molecule has 32 heavy (non-hydrogen) atoms. The number of halogens is 2. The van der Waals surface area contributed by atoms with E-state index in [4.69, 9.17) is 11.6 Å². The number of nitrogens with zero attached hydrogens (tertiary/aromatic N) is 2. The van der Waals surface area contributed by atoms with Crippen molar-refractivity contribution in [3.8, 4) is 0 Å². The fraction of sp³-hybridized carbons (Fsp3) is 0.364. The van der Waals surface area contributed by atoms with Gasteiger partial charge in [0.15, 0.2) is 0 Å². The molecule has 0 aliphatic rings. The predicted octanol–water partition coefficient (Wildman–Crippen LogP) is 3.67. The van der Waals surface area contributed by atoms with Crippen LogP contribution in [0.1, 0.15) is 25.8 Å². The third-order valence-corrected chi connectivity index (χ3v) is 7.40. The summed E-state index contributed by atoms with van der Waals surface area (Å²) in [7, 11) is -2.57. The van der Waals surface area contributed by atoms with Crippen LogP contribution in [0.4, 0.5) is 0 Å². The fourth-order valence-corrected chi connectivity index (χ4v) is 4.66. The van der Waals surface area contributed by atoms with Crippen molar-refractivity contribution in [1.29, 1.82) is 0 Å². The Morgan fingerprint density at radius 3 is 2.41 bits per heavy atom. The summed E-state index contributed by atoms with van der Waals surface area (Å²) in [5.74, 6) is -0.775. The lowest BCUT2D eigenvalue weighted by atomic mass is 10.1. The van der Waals surface area contributed by atoms with Crippen molar-refractivity contribution in [2.24, 2.45) is 0 Å². The molecule has 0 aliphatic carbocycles. The number of nitrogens with one attached hydrogen (secondary N) is 1. The Kier molecular flexibility index (Phi) is 9.69. The number of hydrogen-bond acceptors (Lipinski definition) is 4. The smallest absolute Gasteiger partial charge is 0.243 e. The number of likely N-dealkylation sites (N-methyl/N-ethyl adjacent to an activating group) is 1. The first-order chi connectivity index (χ1) is 15.1. The lowest BCUT2D eigenvalue weighted by Gasteiger charge is -2.30. The minimum atomic E-state index is -3.90. The molecule has 1 N–H and O–H groups in total. The minimum Gasteiger partial charge on any atom is -0.354 e. The van der Waals surface area contributed by atoms with E-state index in [1.165, 1.54) is 36.2 Å². The van der Waals surface area contributed by atoms with Crippen molar-refractivity contribution in [3.05, 3.63) is 63.6 Å². The van der Waals surface area contributed by atoms with Crippen LogP contribution in [0.2, 0.25) is 5.02 Å². The number of carbonyl (C=O) groups is 2. The Balaban J connectivity index is 2.25. The SMILES string of the molecule is CCCNC(=O)[C@H](C)N(Cc1cccc(Br)c1)C(=O)CN(C)S(=O)(=O)c1ccc(Cl)cc1. The Morgan fingerprint density at radius 2 is 1.81 bits per heavy atom. The van der Waals surface area contributed by atoms with Gasteiger partial charge >= 0.3 is 0 Å². The van der Waals surface area contributed by atoms with Gasteiger partial charge in [-0.1, -0.05) is 46.6 Å². The Bertz CT molecular complexity index is 1050. The van der Waals surface area contributed by atoms with E-state index in [-0.39, 0.29) is 17.3 Å². The van der Waals surface area contributed by atoms with Gasteiger partial charge in [0.1, 0.15) is 6.04 Å². The number of benzene rings is 2. The summed E-state index contributed by atoms with van der Waals surface area (Å²) in [6, 6.07) is 12.3. The van der Waals surface area contributed by atoms with Crippen LogP contribution in [0, 0.1) is 0 Å². The van der Waals surface area contributed by atoms with Crippen LogP contribution in [-0.2, 0) is 26.2 Å². The summed E-state index contributed by atoms with van der Waals surface area (Å²) in [5.41, 5.74) is 0.811. The molecule has 174 valence electrons. The van der Waals surface area contributed by atoms with Gasteiger partial charge in [-0.15, -0.1) is 0 Å². The van der Waals surface area contributed by atoms with Crippen LogP contribution >= 0.6 is 27.5 Å². The van der Waals surface area contributed by atoms with Crippen LogP contribution < -0.4 is 5.32 Å². The predicted molar refractivity (Wildman–Crippen MR) is 129 cm³/mol. The summed E-state index contributed by atoms with van der Waals surface area (Å²) >= 11 is 9.25. The van der Waals surface area contributed by atoms with E-state index in [9.17, 15) is 18.0 Å². The topological polar surface area (TPSA) is 86.8 Å². The highest BCUT2D eigenvalue weighted by Crippen LogP contribution is 2.19. The van der Waals surface area contributed by atoms with E-state index in [2.05, 4.69) is 21.2 Å². The molecule has 2 aromatic rings. The van der Waals surface area contributed by atoms with Gasteiger partial charge in [0.05, 0.1) is 11.4 Å². The van der Waals surface area contributed by atoms with E-state index in [0.29, 0.717) is 11.6 Å². The van der Waals surface area contributed by atoms with Gasteiger partial charge in [-0.2, -0.15) is 4.31 Å². The monoisotopic (exact) mass is 543 g/mol. The summed E-state index contributed by atoms with van der Waals surface area (Å²) in [5, 5.41) is 3.20. The number of rotatable bonds is 10. The first kappa shape index (κ1) is 26.3. The van der Waals surface area contributed by atoms with Crippen molar-refractivity contribution < 1.29 is 18.0 Å². The number of amides is 2. The average molecular weight is 545 g/mol. The molecule has 2 amide bonds. The van der Waals surface area contributed by atoms with Crippen LogP contribution in [0.15, 0.2) is 57.9 Å². The second-order valence-corrected chi connectivity index (χ2v) is 10.7. The zero-order valence-electron chi connectivity index (χ0n) is 18.2. The highest BCUT2D eigenvalue weighted by atomic mass is 79.9. The third-order valence-electron chi connectivity index (χ3n) is 4.84. The second kappa shape index (κ2) is 11.8. The maximum Gasteiger partial charge on any atom is 0.243 e. The quantitative estimate of drug-likeness (QED) is 0.495. The maximum absolute atomic E-state index is 13.2. The second-order valence-electron chi connectivity index (χ2n) is 7.33. The molecule has 1 atom stereocenters. The summed E-state index contributed by atoms with van der Waals surface area (Å²) in [4.78, 5) is 27.2. The van der Waals surface area contributed by atoms with E-state index in [1.54, 1.807) is 6.92 Å². The molecule has 7 nitrogen and oxygen atoms in total. The number of carbonyl (C=O) groups excluding carboxylic acids is 2. The molecule has 0 saturated carbocycles. The van der Waals surface area contributed by atoms with Crippen LogP contribution in [0.25, 0.3) is 0 Å². The van der Waals surface area contributed by atoms with Gasteiger partial charge in [-0.05, 0) is 55.3 Å². The van der Waals surface area contributed by atoms with Gasteiger partial charge in [0.2, 0.25) is 21.8 Å². The zero-order chi connectivity index (χ0) is 23.9. The molecule has 2 aromatic carbocycles. The highest BCUT2D eigenvalue weighted by molar-refractivity contribution is 9.10. The van der Waals surface area contributed by atoms with Crippen LogP contribution in [0.5, 0.6) is 0 Å². The summed E-state index contributed by atoms with van der Waals surface area (Å²) in [6.07, 6.45) is 0.764. The zero-order valence-corrected chi connectivity index (χ0v) is 21.4. The number of sulfonamides is 1. The molecule has 0 aliphatic heterocycles. The standard InChI is InChI=1S/C22H27BrClN3O4S/c1-4-12-25-22(29)16(2)27(14-17-6-5-7-18(23)13-17)21(28)15-26(3)32(30,31)20-10-8-19(24)9-11-20/h5-11,13,16H,4,12,14-15H2,1-3H3,(H,25,29)/t16-/m0/s1. The normalized spacial score (nSPS) is 12.4. The average Bonchev–Trinajstić information content (AvgIpc) is 2.75. The lowest BCUT2D eigenvalue weighted by molar-refractivity contribution is -0.140. The van der Waals surface area contributed by atoms with Crippen molar-refractivity contribution in [2.75, 3.05) is 20.1 Å². The van der Waals surface area contributed by atoms with Crippen LogP contribution in [-0.4, -0.2) is 55.6 Å². The Hall–Kier alpha value is -1.94. The van der Waals surface area contributed by atoms with E-state index in [1.807, 2.05) is 31.2 Å². The molecule has 0 heterocycles. The van der Waals surface area contributed by atoms with Gasteiger partial charge in [0, 0.05) is 29.6 Å². The van der Waals surface area contributed by atoms with Crippen LogP contribution in [0.3, 0.4) is 0 Å². The molecule has 0 saturated heterocycles.